The number of guanidine groups is 1. The van der Waals surface area contributed by atoms with Crippen LogP contribution in [-0.2, 0) is 0 Å². The summed E-state index contributed by atoms with van der Waals surface area (Å²) in [5.74, 6) is 0.959. The molecule has 4 fully saturated rings. The second kappa shape index (κ2) is 6.66. The topological polar surface area (TPSA) is 126 Å². The number of hydrogen-bond acceptors (Lipinski definition) is 5. The molecule has 0 aromatic rings. The molecule has 0 aliphatic heterocycles. The number of nitrogens with two attached hydrogens (primary N) is 1. The fourth-order valence-corrected chi connectivity index (χ4v) is 7.71. The Hall–Kier alpha value is -1.18. The Labute approximate surface area is 173 Å². The van der Waals surface area contributed by atoms with E-state index in [9.17, 15) is 15.3 Å². The summed E-state index contributed by atoms with van der Waals surface area (Å²) in [4.78, 5) is 0. The van der Waals surface area contributed by atoms with E-state index in [1.165, 1.54) is 11.2 Å². The monoisotopic (exact) mass is 406 g/mol. The van der Waals surface area contributed by atoms with Crippen molar-refractivity contribution in [2.24, 2.45) is 39.4 Å². The zero-order chi connectivity index (χ0) is 21.2. The van der Waals surface area contributed by atoms with E-state index in [0.29, 0.717) is 24.7 Å². The van der Waals surface area contributed by atoms with Crippen LogP contribution in [-0.4, -0.2) is 56.9 Å². The third-order valence-corrected chi connectivity index (χ3v) is 9.82. The highest BCUT2D eigenvalue weighted by atomic mass is 16.3. The van der Waals surface area contributed by atoms with Crippen molar-refractivity contribution < 1.29 is 15.3 Å². The molecule has 4 rings (SSSR count). The minimum atomic E-state index is -1.21. The summed E-state index contributed by atoms with van der Waals surface area (Å²) in [6, 6.07) is 0. The van der Waals surface area contributed by atoms with Crippen molar-refractivity contribution in [2.45, 2.75) is 88.9 Å². The minimum absolute atomic E-state index is 0.169. The molecule has 0 bridgehead atoms. The van der Waals surface area contributed by atoms with Crippen molar-refractivity contribution in [3.05, 3.63) is 0 Å². The third-order valence-electron chi connectivity index (χ3n) is 9.82. The zero-order valence-electron chi connectivity index (χ0n) is 18.1. The maximum absolute atomic E-state index is 12.1. The highest BCUT2D eigenvalue weighted by Gasteiger charge is 2.71. The number of fused-ring (bicyclic) bond motifs is 5. The van der Waals surface area contributed by atoms with Crippen molar-refractivity contribution in [1.29, 1.82) is 5.41 Å². The standard InChI is InChI=1S/C22H38N4O3/c1-19-8-6-15(27)12-14(19)4-5-17-16(19)7-9-20(2)21(28,10-11-22(17,20)29)13-25-26(3)18(23)24/h13-17,27-29H,4-12H2,1-3H3,(H3,23,24)/b25-13+/t14?,15?,16-,17-,19+,20-,21?,22-/m1/s1. The molecular weight excluding hydrogens is 368 g/mol. The molecule has 29 heavy (non-hydrogen) atoms. The predicted molar refractivity (Wildman–Crippen MR) is 112 cm³/mol. The summed E-state index contributed by atoms with van der Waals surface area (Å²) in [5, 5.41) is 46.8. The van der Waals surface area contributed by atoms with Crippen molar-refractivity contribution >= 4 is 12.2 Å². The van der Waals surface area contributed by atoms with Gasteiger partial charge in [-0.2, -0.15) is 5.10 Å². The lowest BCUT2D eigenvalue weighted by molar-refractivity contribution is -0.223. The average Bonchev–Trinajstić information content (AvgIpc) is 2.88. The lowest BCUT2D eigenvalue weighted by atomic mass is 9.43. The molecule has 0 radical (unpaired) electrons. The summed E-state index contributed by atoms with van der Waals surface area (Å²) >= 11 is 0. The van der Waals surface area contributed by atoms with Crippen molar-refractivity contribution in [2.75, 3.05) is 7.05 Å². The molecule has 0 saturated heterocycles. The number of nitrogens with zero attached hydrogens (tertiary/aromatic N) is 2. The van der Waals surface area contributed by atoms with E-state index in [1.807, 2.05) is 6.92 Å². The summed E-state index contributed by atoms with van der Waals surface area (Å²) in [6.45, 7) is 4.41. The molecule has 4 aliphatic carbocycles. The van der Waals surface area contributed by atoms with Crippen LogP contribution in [0.2, 0.25) is 0 Å². The molecular formula is C22H38N4O3. The van der Waals surface area contributed by atoms with Gasteiger partial charge in [0.1, 0.15) is 5.60 Å². The van der Waals surface area contributed by atoms with Crippen LogP contribution in [0.4, 0.5) is 0 Å². The van der Waals surface area contributed by atoms with E-state index >= 15 is 0 Å². The van der Waals surface area contributed by atoms with Gasteiger partial charge in [0.05, 0.1) is 17.9 Å². The number of rotatable bonds is 2. The average molecular weight is 407 g/mol. The fraction of sp³-hybridized carbons (Fsp3) is 0.909. The number of nitrogens with one attached hydrogen (secondary N) is 1. The van der Waals surface area contributed by atoms with Gasteiger partial charge < -0.3 is 21.1 Å². The molecule has 0 aromatic carbocycles. The van der Waals surface area contributed by atoms with Gasteiger partial charge in [-0.05, 0) is 81.0 Å². The van der Waals surface area contributed by atoms with Crippen LogP contribution in [0.25, 0.3) is 0 Å². The third kappa shape index (κ3) is 2.80. The Morgan fingerprint density at radius 1 is 1.07 bits per heavy atom. The first-order valence-electron chi connectivity index (χ1n) is 11.2. The van der Waals surface area contributed by atoms with Gasteiger partial charge in [-0.15, -0.1) is 0 Å². The number of hydrazone groups is 1. The molecule has 3 unspecified atom stereocenters. The van der Waals surface area contributed by atoms with Crippen LogP contribution in [0, 0.1) is 34.0 Å². The highest BCUT2D eigenvalue weighted by Crippen LogP contribution is 2.69. The SMILES string of the molecule is CN(/N=C/C1(O)CC[C@@]2(O)[C@@H]3CCC4CC(O)CC[C@]4(C)[C@@H]3CC[C@]12C)C(=N)N. The van der Waals surface area contributed by atoms with Crippen molar-refractivity contribution in [3.8, 4) is 0 Å². The summed E-state index contributed by atoms with van der Waals surface area (Å²) in [5.41, 5.74) is 2.85. The predicted octanol–water partition coefficient (Wildman–Crippen LogP) is 2.05. The largest absolute Gasteiger partial charge is 0.393 e. The summed E-state index contributed by atoms with van der Waals surface area (Å²) in [6.07, 6.45) is 8.91. The highest BCUT2D eigenvalue weighted by molar-refractivity contribution is 5.77. The van der Waals surface area contributed by atoms with Gasteiger partial charge in [-0.25, -0.2) is 5.01 Å². The van der Waals surface area contributed by atoms with Gasteiger partial charge in [0.25, 0.3) is 0 Å². The van der Waals surface area contributed by atoms with E-state index in [-0.39, 0.29) is 23.4 Å². The fourth-order valence-electron chi connectivity index (χ4n) is 7.71. The molecule has 4 saturated carbocycles. The van der Waals surface area contributed by atoms with Crippen LogP contribution < -0.4 is 5.73 Å². The molecule has 0 aromatic heterocycles. The molecule has 7 nitrogen and oxygen atoms in total. The second-order valence-electron chi connectivity index (χ2n) is 10.8. The first kappa shape index (κ1) is 21.1. The molecule has 164 valence electrons. The van der Waals surface area contributed by atoms with Gasteiger partial charge in [0.2, 0.25) is 5.96 Å². The Morgan fingerprint density at radius 3 is 2.48 bits per heavy atom. The number of aliphatic hydroxyl groups is 3. The Kier molecular flexibility index (Phi) is 4.84. The van der Waals surface area contributed by atoms with Crippen LogP contribution in [0.1, 0.15) is 71.6 Å². The normalized spacial score (nSPS) is 51.9. The first-order valence-corrected chi connectivity index (χ1v) is 11.2. The zero-order valence-corrected chi connectivity index (χ0v) is 18.1. The van der Waals surface area contributed by atoms with Crippen LogP contribution in [0.15, 0.2) is 5.10 Å². The van der Waals surface area contributed by atoms with Crippen molar-refractivity contribution in [1.82, 2.24) is 5.01 Å². The Bertz CT molecular complexity index is 716. The van der Waals surface area contributed by atoms with Gasteiger partial charge in [-0.3, -0.25) is 5.41 Å². The lowest BCUT2D eigenvalue weighted by Crippen LogP contribution is -2.65. The van der Waals surface area contributed by atoms with Gasteiger partial charge >= 0.3 is 0 Å². The Balaban J connectivity index is 1.64. The minimum Gasteiger partial charge on any atom is -0.393 e. The number of aliphatic hydroxyl groups excluding tert-OH is 1. The van der Waals surface area contributed by atoms with E-state index in [2.05, 4.69) is 12.0 Å². The second-order valence-corrected chi connectivity index (χ2v) is 10.8. The molecule has 0 spiro atoms. The first-order chi connectivity index (χ1) is 13.5. The lowest BCUT2D eigenvalue weighted by Gasteiger charge is -2.64. The quantitative estimate of drug-likeness (QED) is 0.273. The van der Waals surface area contributed by atoms with E-state index in [4.69, 9.17) is 11.1 Å². The van der Waals surface area contributed by atoms with Crippen molar-refractivity contribution in [3.63, 3.8) is 0 Å². The molecule has 0 amide bonds. The summed E-state index contributed by atoms with van der Waals surface area (Å²) in [7, 11) is 1.59. The smallest absolute Gasteiger partial charge is 0.208 e. The van der Waals surface area contributed by atoms with Crippen LogP contribution >= 0.6 is 0 Å². The molecule has 6 N–H and O–H groups in total. The van der Waals surface area contributed by atoms with Gasteiger partial charge in [0, 0.05) is 12.5 Å². The number of hydrogen-bond donors (Lipinski definition) is 5. The van der Waals surface area contributed by atoms with E-state index < -0.39 is 16.6 Å². The maximum atomic E-state index is 12.1. The van der Waals surface area contributed by atoms with E-state index in [1.54, 1.807) is 7.05 Å². The maximum Gasteiger partial charge on any atom is 0.208 e. The van der Waals surface area contributed by atoms with Crippen LogP contribution in [0.3, 0.4) is 0 Å². The van der Waals surface area contributed by atoms with E-state index in [0.717, 1.165) is 44.9 Å². The molecule has 4 aliphatic rings. The van der Waals surface area contributed by atoms with Crippen LogP contribution in [0.5, 0.6) is 0 Å². The molecule has 7 heteroatoms. The molecule has 8 atom stereocenters. The van der Waals surface area contributed by atoms with Gasteiger partial charge in [-0.1, -0.05) is 13.8 Å². The Morgan fingerprint density at radius 2 is 1.79 bits per heavy atom. The van der Waals surface area contributed by atoms with Gasteiger partial charge in [0.15, 0.2) is 0 Å². The summed E-state index contributed by atoms with van der Waals surface area (Å²) < 4.78 is 0. The molecule has 0 heterocycles.